The van der Waals surface area contributed by atoms with Gasteiger partial charge in [0, 0.05) is 5.39 Å². The fourth-order valence-electron chi connectivity index (χ4n) is 3.17. The number of hydrogen-bond donors (Lipinski definition) is 1. The summed E-state index contributed by atoms with van der Waals surface area (Å²) >= 11 is 0. The van der Waals surface area contributed by atoms with Gasteiger partial charge in [-0.2, -0.15) is 0 Å². The Kier molecular flexibility index (Phi) is 5.95. The van der Waals surface area contributed by atoms with E-state index in [4.69, 9.17) is 9.47 Å². The lowest BCUT2D eigenvalue weighted by Crippen LogP contribution is -1.99. The molecule has 0 spiro atoms. The largest absolute Gasteiger partial charge is 0.506 e. The van der Waals surface area contributed by atoms with Gasteiger partial charge in [-0.25, -0.2) is 4.98 Å². The van der Waals surface area contributed by atoms with Crippen molar-refractivity contribution in [3.05, 3.63) is 95.7 Å². The fourth-order valence-corrected chi connectivity index (χ4v) is 3.17. The molecule has 0 aliphatic heterocycles. The van der Waals surface area contributed by atoms with Gasteiger partial charge in [0.1, 0.15) is 17.9 Å². The van der Waals surface area contributed by atoms with E-state index in [-0.39, 0.29) is 5.75 Å². The van der Waals surface area contributed by atoms with Gasteiger partial charge >= 0.3 is 0 Å². The average Bonchev–Trinajstić information content (AvgIpc) is 2.78. The van der Waals surface area contributed by atoms with Gasteiger partial charge in [-0.15, -0.1) is 0 Å². The van der Waals surface area contributed by atoms with Crippen LogP contribution in [0.4, 0.5) is 0 Å². The number of fused-ring (bicyclic) bond motifs is 1. The van der Waals surface area contributed by atoms with Crippen LogP contribution < -0.4 is 9.47 Å². The Labute approximate surface area is 176 Å². The van der Waals surface area contributed by atoms with Gasteiger partial charge in [0.05, 0.1) is 12.3 Å². The first-order valence-corrected chi connectivity index (χ1v) is 9.93. The normalized spacial score (nSPS) is 11.1. The van der Waals surface area contributed by atoms with Crippen LogP contribution in [-0.2, 0) is 6.61 Å². The summed E-state index contributed by atoms with van der Waals surface area (Å²) in [5, 5.41) is 10.9. The second kappa shape index (κ2) is 9.14. The monoisotopic (exact) mass is 397 g/mol. The minimum Gasteiger partial charge on any atom is -0.506 e. The predicted octanol–water partition coefficient (Wildman–Crippen LogP) is 6.09. The van der Waals surface area contributed by atoms with Crippen LogP contribution in [0.2, 0.25) is 0 Å². The Morgan fingerprint density at radius 3 is 2.53 bits per heavy atom. The number of aromatic nitrogens is 1. The third-order valence-corrected chi connectivity index (χ3v) is 4.67. The van der Waals surface area contributed by atoms with Crippen LogP contribution in [0, 0.1) is 0 Å². The van der Waals surface area contributed by atoms with Crippen LogP contribution in [0.1, 0.15) is 23.7 Å². The first-order chi connectivity index (χ1) is 14.7. The van der Waals surface area contributed by atoms with Crippen LogP contribution in [-0.4, -0.2) is 16.7 Å². The molecule has 0 aliphatic carbocycles. The van der Waals surface area contributed by atoms with E-state index in [2.05, 4.69) is 4.98 Å². The number of rotatable bonds is 7. The van der Waals surface area contributed by atoms with E-state index in [0.717, 1.165) is 22.2 Å². The number of benzene rings is 3. The molecule has 0 saturated heterocycles. The number of nitrogens with zero attached hydrogens (tertiary/aromatic N) is 1. The van der Waals surface area contributed by atoms with E-state index in [0.29, 0.717) is 30.2 Å². The molecule has 0 saturated carbocycles. The number of aromatic hydroxyl groups is 1. The molecule has 0 aliphatic rings. The lowest BCUT2D eigenvalue weighted by Gasteiger charge is -2.12. The van der Waals surface area contributed by atoms with Gasteiger partial charge in [0.2, 0.25) is 0 Å². The van der Waals surface area contributed by atoms with Crippen LogP contribution in [0.3, 0.4) is 0 Å². The molecule has 0 amide bonds. The molecular weight excluding hydrogens is 374 g/mol. The van der Waals surface area contributed by atoms with Crippen molar-refractivity contribution < 1.29 is 14.6 Å². The van der Waals surface area contributed by atoms with E-state index < -0.39 is 0 Å². The molecule has 150 valence electrons. The standard InChI is InChI=1S/C26H23NO3/c1-2-29-25-17-19(12-16-24(25)30-18-20-7-4-3-5-8-20)11-14-22-15-13-21-9-6-10-23(28)26(21)27-22/h3-17,28H,2,18H2,1H3. The first-order valence-electron chi connectivity index (χ1n) is 9.93. The highest BCUT2D eigenvalue weighted by Gasteiger charge is 2.07. The number of pyridine rings is 1. The molecule has 3 aromatic carbocycles. The minimum absolute atomic E-state index is 0.182. The zero-order valence-corrected chi connectivity index (χ0v) is 16.8. The molecule has 1 N–H and O–H groups in total. The third-order valence-electron chi connectivity index (χ3n) is 4.67. The van der Waals surface area contributed by atoms with Gasteiger partial charge < -0.3 is 14.6 Å². The van der Waals surface area contributed by atoms with Crippen molar-refractivity contribution in [2.24, 2.45) is 0 Å². The number of hydrogen-bond acceptors (Lipinski definition) is 4. The molecule has 30 heavy (non-hydrogen) atoms. The Balaban J connectivity index is 1.54. The number of ether oxygens (including phenoxy) is 2. The van der Waals surface area contributed by atoms with Crippen LogP contribution >= 0.6 is 0 Å². The maximum absolute atomic E-state index is 10.0. The molecule has 4 aromatic rings. The lowest BCUT2D eigenvalue weighted by molar-refractivity contribution is 0.269. The van der Waals surface area contributed by atoms with Crippen molar-refractivity contribution >= 4 is 23.1 Å². The number of para-hydroxylation sites is 1. The van der Waals surface area contributed by atoms with E-state index in [9.17, 15) is 5.11 Å². The molecule has 1 heterocycles. The first kappa shape index (κ1) is 19.5. The number of phenols is 1. The quantitative estimate of drug-likeness (QED) is 0.410. The fraction of sp³-hybridized carbons (Fsp3) is 0.115. The summed E-state index contributed by atoms with van der Waals surface area (Å²) in [6.45, 7) is 3.00. The Morgan fingerprint density at radius 1 is 0.833 bits per heavy atom. The molecule has 4 rings (SSSR count). The smallest absolute Gasteiger partial charge is 0.161 e. The summed E-state index contributed by atoms with van der Waals surface area (Å²) in [7, 11) is 0. The highest BCUT2D eigenvalue weighted by Crippen LogP contribution is 2.30. The molecule has 0 fully saturated rings. The van der Waals surface area contributed by atoms with Crippen molar-refractivity contribution in [1.29, 1.82) is 0 Å². The van der Waals surface area contributed by atoms with E-state index >= 15 is 0 Å². The van der Waals surface area contributed by atoms with E-state index in [1.165, 1.54) is 0 Å². The molecule has 1 aromatic heterocycles. The molecule has 4 nitrogen and oxygen atoms in total. The highest BCUT2D eigenvalue weighted by atomic mass is 16.5. The Morgan fingerprint density at radius 2 is 1.70 bits per heavy atom. The molecule has 4 heteroatoms. The third kappa shape index (κ3) is 4.61. The van der Waals surface area contributed by atoms with Crippen LogP contribution in [0.5, 0.6) is 17.2 Å². The molecule has 0 atom stereocenters. The molecule has 0 unspecified atom stereocenters. The van der Waals surface area contributed by atoms with Crippen LogP contribution in [0.15, 0.2) is 78.9 Å². The van der Waals surface area contributed by atoms with Crippen molar-refractivity contribution in [3.63, 3.8) is 0 Å². The summed E-state index contributed by atoms with van der Waals surface area (Å²) in [5.41, 5.74) is 3.45. The SMILES string of the molecule is CCOc1cc(C=Cc2ccc3cccc(O)c3n2)ccc1OCc1ccccc1. The summed E-state index contributed by atoms with van der Waals surface area (Å²) < 4.78 is 11.7. The second-order valence-corrected chi connectivity index (χ2v) is 6.83. The maximum atomic E-state index is 10.0. The maximum Gasteiger partial charge on any atom is 0.161 e. The summed E-state index contributed by atoms with van der Waals surface area (Å²) in [6.07, 6.45) is 3.89. The minimum atomic E-state index is 0.182. The summed E-state index contributed by atoms with van der Waals surface area (Å²) in [6, 6.07) is 25.2. The Hall–Kier alpha value is -3.79. The van der Waals surface area contributed by atoms with Gasteiger partial charge in [-0.1, -0.05) is 60.7 Å². The van der Waals surface area contributed by atoms with E-state index in [1.807, 2.05) is 91.9 Å². The lowest BCUT2D eigenvalue weighted by atomic mass is 10.1. The second-order valence-electron chi connectivity index (χ2n) is 6.83. The molecule has 0 radical (unpaired) electrons. The van der Waals surface area contributed by atoms with Crippen LogP contribution in [0.25, 0.3) is 23.1 Å². The summed E-state index contributed by atoms with van der Waals surface area (Å²) in [5.74, 6) is 1.60. The van der Waals surface area contributed by atoms with Crippen molar-refractivity contribution in [1.82, 2.24) is 4.98 Å². The number of phenolic OH excluding ortho intramolecular Hbond substituents is 1. The summed E-state index contributed by atoms with van der Waals surface area (Å²) in [4.78, 5) is 4.54. The Bertz CT molecular complexity index is 1170. The van der Waals surface area contributed by atoms with Gasteiger partial charge in [-0.05, 0) is 48.4 Å². The highest BCUT2D eigenvalue weighted by molar-refractivity contribution is 5.85. The predicted molar refractivity (Wildman–Crippen MR) is 121 cm³/mol. The van der Waals surface area contributed by atoms with Gasteiger partial charge in [0.15, 0.2) is 11.5 Å². The van der Waals surface area contributed by atoms with Gasteiger partial charge in [-0.3, -0.25) is 0 Å². The topological polar surface area (TPSA) is 51.6 Å². The van der Waals surface area contributed by atoms with Gasteiger partial charge in [0.25, 0.3) is 0 Å². The zero-order valence-electron chi connectivity index (χ0n) is 16.8. The molecule has 0 bridgehead atoms. The van der Waals surface area contributed by atoms with Crippen molar-refractivity contribution in [3.8, 4) is 17.2 Å². The average molecular weight is 397 g/mol. The van der Waals surface area contributed by atoms with E-state index in [1.54, 1.807) is 6.07 Å². The van der Waals surface area contributed by atoms with Crippen molar-refractivity contribution in [2.45, 2.75) is 13.5 Å². The zero-order chi connectivity index (χ0) is 20.8. The molecular formula is C26H23NO3. The van der Waals surface area contributed by atoms with Crippen molar-refractivity contribution in [2.75, 3.05) is 6.61 Å².